The average Bonchev–Trinajstić information content (AvgIpc) is 3.29. The van der Waals surface area contributed by atoms with Crippen LogP contribution in [0, 0.1) is 0 Å². The van der Waals surface area contributed by atoms with E-state index in [9.17, 15) is 26.7 Å². The lowest BCUT2D eigenvalue weighted by Crippen LogP contribution is -2.27. The summed E-state index contributed by atoms with van der Waals surface area (Å²) in [7, 11) is 0. The molecule has 0 radical (unpaired) electrons. The Labute approximate surface area is 173 Å². The van der Waals surface area contributed by atoms with Gasteiger partial charge in [0.2, 0.25) is 0 Å². The molecule has 10 heteroatoms. The standard InChI is InChI=1S/C21H17F5N4O/c1-20(22,23)14-4-2-3-13(9-14)19(31)28-15-6-8-30-17(15)11-16(29-30)12-5-7-27-18(10-12)21(24,25)26/h2-5,7,9-11,15H,6,8H2,1H3,(H,28,31)/t15-/m0/s1. The van der Waals surface area contributed by atoms with Gasteiger partial charge in [-0.3, -0.25) is 14.5 Å². The maximum Gasteiger partial charge on any atom is 0.433 e. The molecule has 5 nitrogen and oxygen atoms in total. The zero-order valence-corrected chi connectivity index (χ0v) is 16.3. The number of nitrogens with zero attached hydrogens (tertiary/aromatic N) is 3. The number of amides is 1. The lowest BCUT2D eigenvalue weighted by Gasteiger charge is -2.14. The van der Waals surface area contributed by atoms with Crippen LogP contribution in [0.3, 0.4) is 0 Å². The minimum absolute atomic E-state index is 0.0983. The number of hydrogen-bond acceptors (Lipinski definition) is 3. The summed E-state index contributed by atoms with van der Waals surface area (Å²) < 4.78 is 67.5. The van der Waals surface area contributed by atoms with Gasteiger partial charge < -0.3 is 5.32 Å². The van der Waals surface area contributed by atoms with Crippen LogP contribution in [0.2, 0.25) is 0 Å². The van der Waals surface area contributed by atoms with Crippen LogP contribution >= 0.6 is 0 Å². The van der Waals surface area contributed by atoms with Crippen molar-refractivity contribution in [3.8, 4) is 11.3 Å². The van der Waals surface area contributed by atoms with Crippen LogP contribution in [0.5, 0.6) is 0 Å². The van der Waals surface area contributed by atoms with Gasteiger partial charge in [0.25, 0.3) is 11.8 Å². The van der Waals surface area contributed by atoms with Gasteiger partial charge in [0.15, 0.2) is 0 Å². The number of carbonyl (C=O) groups is 1. The second kappa shape index (κ2) is 7.44. The number of fused-ring (bicyclic) bond motifs is 1. The molecule has 162 valence electrons. The topological polar surface area (TPSA) is 59.8 Å². The van der Waals surface area contributed by atoms with Crippen LogP contribution in [-0.4, -0.2) is 20.7 Å². The molecule has 1 amide bonds. The maximum absolute atomic E-state index is 13.5. The number of pyridine rings is 1. The Hall–Kier alpha value is -3.30. The molecule has 0 saturated heterocycles. The summed E-state index contributed by atoms with van der Waals surface area (Å²) in [6.07, 6.45) is -2.97. The van der Waals surface area contributed by atoms with Gasteiger partial charge in [0, 0.05) is 36.4 Å². The van der Waals surface area contributed by atoms with Gasteiger partial charge in [-0.05, 0) is 36.8 Å². The van der Waals surface area contributed by atoms with Crippen LogP contribution < -0.4 is 5.32 Å². The van der Waals surface area contributed by atoms with Crippen LogP contribution in [0.25, 0.3) is 11.3 Å². The van der Waals surface area contributed by atoms with Crippen molar-refractivity contribution in [1.82, 2.24) is 20.1 Å². The molecule has 2 aromatic heterocycles. The van der Waals surface area contributed by atoms with Gasteiger partial charge in [-0.1, -0.05) is 12.1 Å². The molecule has 3 aromatic rings. The number of carbonyl (C=O) groups excluding carboxylic acids is 1. The van der Waals surface area contributed by atoms with E-state index in [0.29, 0.717) is 24.4 Å². The Kier molecular flexibility index (Phi) is 5.03. The first-order chi connectivity index (χ1) is 14.5. The number of halogens is 5. The lowest BCUT2D eigenvalue weighted by atomic mass is 10.0. The van der Waals surface area contributed by atoms with Crippen molar-refractivity contribution in [2.75, 3.05) is 0 Å². The highest BCUT2D eigenvalue weighted by Crippen LogP contribution is 2.33. The molecule has 1 aliphatic rings. The number of aryl methyl sites for hydroxylation is 1. The van der Waals surface area contributed by atoms with Crippen molar-refractivity contribution in [3.05, 3.63) is 71.2 Å². The van der Waals surface area contributed by atoms with Crippen molar-refractivity contribution in [1.29, 1.82) is 0 Å². The fourth-order valence-electron chi connectivity index (χ4n) is 3.50. The molecular weight excluding hydrogens is 419 g/mol. The van der Waals surface area contributed by atoms with Crippen molar-refractivity contribution < 1.29 is 26.7 Å². The Morgan fingerprint density at radius 2 is 1.90 bits per heavy atom. The van der Waals surface area contributed by atoms with E-state index in [1.54, 1.807) is 10.7 Å². The van der Waals surface area contributed by atoms with Gasteiger partial charge in [0.05, 0.1) is 17.4 Å². The number of aromatic nitrogens is 3. The summed E-state index contributed by atoms with van der Waals surface area (Å²) in [6.45, 7) is 1.22. The smallest absolute Gasteiger partial charge is 0.344 e. The Morgan fingerprint density at radius 3 is 2.61 bits per heavy atom. The van der Waals surface area contributed by atoms with Gasteiger partial charge in [-0.25, -0.2) is 8.78 Å². The molecule has 31 heavy (non-hydrogen) atoms. The number of alkyl halides is 5. The van der Waals surface area contributed by atoms with Crippen molar-refractivity contribution in [2.24, 2.45) is 0 Å². The second-order valence-electron chi connectivity index (χ2n) is 7.39. The summed E-state index contributed by atoms with van der Waals surface area (Å²) >= 11 is 0. The van der Waals surface area contributed by atoms with Crippen LogP contribution in [-0.2, 0) is 18.6 Å². The number of benzene rings is 1. The van der Waals surface area contributed by atoms with Crippen molar-refractivity contribution in [2.45, 2.75) is 38.0 Å². The predicted octanol–water partition coefficient (Wildman–Crippen LogP) is 4.95. The second-order valence-corrected chi connectivity index (χ2v) is 7.39. The van der Waals surface area contributed by atoms with E-state index in [2.05, 4.69) is 15.4 Å². The van der Waals surface area contributed by atoms with E-state index >= 15 is 0 Å². The fraction of sp³-hybridized carbons (Fsp3) is 0.286. The van der Waals surface area contributed by atoms with E-state index < -0.39 is 29.7 Å². The maximum atomic E-state index is 13.5. The molecule has 0 unspecified atom stereocenters. The first kappa shape index (κ1) is 21.0. The molecule has 0 bridgehead atoms. The minimum Gasteiger partial charge on any atom is -0.344 e. The first-order valence-electron chi connectivity index (χ1n) is 9.43. The van der Waals surface area contributed by atoms with Crippen LogP contribution in [0.15, 0.2) is 48.7 Å². The summed E-state index contributed by atoms with van der Waals surface area (Å²) in [5.74, 6) is -3.59. The third-order valence-electron chi connectivity index (χ3n) is 5.08. The number of nitrogens with one attached hydrogen (secondary N) is 1. The quantitative estimate of drug-likeness (QED) is 0.589. The van der Waals surface area contributed by atoms with E-state index in [1.165, 1.54) is 24.3 Å². The molecule has 0 spiro atoms. The minimum atomic E-state index is -4.57. The normalized spacial score (nSPS) is 16.3. The highest BCUT2D eigenvalue weighted by Gasteiger charge is 2.33. The van der Waals surface area contributed by atoms with E-state index in [4.69, 9.17) is 0 Å². The molecular formula is C21H17F5N4O. The molecule has 4 rings (SSSR count). The molecule has 0 aliphatic carbocycles. The molecule has 1 N–H and O–H groups in total. The molecule has 1 atom stereocenters. The molecule has 1 aliphatic heterocycles. The van der Waals surface area contributed by atoms with Crippen molar-refractivity contribution >= 4 is 5.91 Å². The van der Waals surface area contributed by atoms with E-state index in [-0.39, 0.29) is 16.7 Å². The van der Waals surface area contributed by atoms with Crippen molar-refractivity contribution in [3.63, 3.8) is 0 Å². The lowest BCUT2D eigenvalue weighted by molar-refractivity contribution is -0.141. The van der Waals surface area contributed by atoms with Crippen LogP contribution in [0.4, 0.5) is 22.0 Å². The van der Waals surface area contributed by atoms with Gasteiger partial charge in [0.1, 0.15) is 5.69 Å². The monoisotopic (exact) mass is 436 g/mol. The zero-order valence-electron chi connectivity index (χ0n) is 16.3. The Morgan fingerprint density at radius 1 is 1.13 bits per heavy atom. The SMILES string of the molecule is CC(F)(F)c1cccc(C(=O)N[C@H]2CCn3nc(-c4ccnc(C(F)(F)F)c4)cc32)c1. The predicted molar refractivity (Wildman–Crippen MR) is 101 cm³/mol. The third kappa shape index (κ3) is 4.28. The largest absolute Gasteiger partial charge is 0.433 e. The number of rotatable bonds is 4. The first-order valence-corrected chi connectivity index (χ1v) is 9.43. The fourth-order valence-corrected chi connectivity index (χ4v) is 3.50. The molecule has 0 saturated carbocycles. The van der Waals surface area contributed by atoms with E-state index in [1.807, 2.05) is 0 Å². The summed E-state index contributed by atoms with van der Waals surface area (Å²) in [5.41, 5.74) is 0.0289. The number of hydrogen-bond donors (Lipinski definition) is 1. The molecule has 0 fully saturated rings. The van der Waals surface area contributed by atoms with Gasteiger partial charge >= 0.3 is 6.18 Å². The van der Waals surface area contributed by atoms with Crippen LogP contribution in [0.1, 0.15) is 46.7 Å². The summed E-state index contributed by atoms with van der Waals surface area (Å²) in [6, 6.07) is 8.74. The van der Waals surface area contributed by atoms with E-state index in [0.717, 1.165) is 25.3 Å². The summed E-state index contributed by atoms with van der Waals surface area (Å²) in [4.78, 5) is 15.9. The van der Waals surface area contributed by atoms with Gasteiger partial charge in [-0.2, -0.15) is 18.3 Å². The Bertz CT molecular complexity index is 1130. The average molecular weight is 436 g/mol. The highest BCUT2D eigenvalue weighted by atomic mass is 19.4. The summed E-state index contributed by atoms with van der Waals surface area (Å²) in [5, 5.41) is 7.13. The zero-order chi connectivity index (χ0) is 22.4. The third-order valence-corrected chi connectivity index (χ3v) is 5.08. The van der Waals surface area contributed by atoms with Gasteiger partial charge in [-0.15, -0.1) is 0 Å². The Balaban J connectivity index is 1.55. The highest BCUT2D eigenvalue weighted by molar-refractivity contribution is 5.94. The molecule has 1 aromatic carbocycles. The molecule has 3 heterocycles.